The van der Waals surface area contributed by atoms with Crippen molar-refractivity contribution < 1.29 is 8.42 Å². The molecule has 0 saturated carbocycles. The third-order valence-electron chi connectivity index (χ3n) is 1.62. The van der Waals surface area contributed by atoms with Crippen LogP contribution in [-0.2, 0) is 10.0 Å². The summed E-state index contributed by atoms with van der Waals surface area (Å²) >= 11 is 0. The molecule has 0 atom stereocenters. The van der Waals surface area contributed by atoms with E-state index in [4.69, 9.17) is 0 Å². The Morgan fingerprint density at radius 2 is 2.29 bits per heavy atom. The Labute approximate surface area is 83.4 Å². The second kappa shape index (κ2) is 4.54. The van der Waals surface area contributed by atoms with E-state index in [1.807, 2.05) is 19.0 Å². The van der Waals surface area contributed by atoms with Crippen LogP contribution in [0.4, 0.5) is 0 Å². The van der Waals surface area contributed by atoms with Gasteiger partial charge in [-0.15, -0.1) is 0 Å². The van der Waals surface area contributed by atoms with Crippen LogP contribution in [0.2, 0.25) is 0 Å². The summed E-state index contributed by atoms with van der Waals surface area (Å²) in [5, 5.41) is 6.07. The van der Waals surface area contributed by atoms with Crippen LogP contribution in [0.3, 0.4) is 0 Å². The predicted octanol–water partition coefficient (Wildman–Crippen LogP) is -0.750. The average Bonchev–Trinajstić information content (AvgIpc) is 2.54. The standard InChI is InChI=1S/C7H14N4O2S/c1-11(2)6-5-9-14(12,13)7-3-4-8-10-7/h3-4,9H,5-6H2,1-2H3,(H,8,10). The predicted molar refractivity (Wildman–Crippen MR) is 52.3 cm³/mol. The van der Waals surface area contributed by atoms with Gasteiger partial charge in [0, 0.05) is 13.1 Å². The number of aromatic amines is 1. The highest BCUT2D eigenvalue weighted by molar-refractivity contribution is 7.89. The molecule has 1 aromatic heterocycles. The summed E-state index contributed by atoms with van der Waals surface area (Å²) in [7, 11) is 0.352. The number of aromatic nitrogens is 2. The number of hydrogen-bond acceptors (Lipinski definition) is 4. The number of nitrogens with one attached hydrogen (secondary N) is 2. The molecule has 0 aliphatic heterocycles. The quantitative estimate of drug-likeness (QED) is 0.681. The number of nitrogens with zero attached hydrogens (tertiary/aromatic N) is 2. The molecule has 0 fully saturated rings. The van der Waals surface area contributed by atoms with Crippen LogP contribution in [0.5, 0.6) is 0 Å². The first-order valence-electron chi connectivity index (χ1n) is 4.16. The lowest BCUT2D eigenvalue weighted by atomic mass is 10.6. The Morgan fingerprint density at radius 1 is 1.57 bits per heavy atom. The van der Waals surface area contributed by atoms with Gasteiger partial charge in [-0.05, 0) is 20.2 Å². The summed E-state index contributed by atoms with van der Waals surface area (Å²) < 4.78 is 25.4. The zero-order valence-corrected chi connectivity index (χ0v) is 9.00. The number of H-pyrrole nitrogens is 1. The summed E-state index contributed by atoms with van der Waals surface area (Å²) in [5.74, 6) is 0. The van der Waals surface area contributed by atoms with E-state index in [2.05, 4.69) is 14.9 Å². The second-order valence-corrected chi connectivity index (χ2v) is 4.86. The fraction of sp³-hybridized carbons (Fsp3) is 0.571. The molecule has 0 saturated heterocycles. The smallest absolute Gasteiger partial charge is 0.257 e. The molecule has 0 aliphatic carbocycles. The summed E-state index contributed by atoms with van der Waals surface area (Å²) in [4.78, 5) is 1.90. The van der Waals surface area contributed by atoms with Crippen LogP contribution < -0.4 is 4.72 Å². The average molecular weight is 218 g/mol. The van der Waals surface area contributed by atoms with Gasteiger partial charge >= 0.3 is 0 Å². The van der Waals surface area contributed by atoms with Crippen LogP contribution in [0.15, 0.2) is 17.3 Å². The summed E-state index contributed by atoms with van der Waals surface area (Å²) in [6, 6.07) is 1.41. The van der Waals surface area contributed by atoms with E-state index in [-0.39, 0.29) is 5.03 Å². The molecule has 0 amide bonds. The number of likely N-dealkylation sites (N-methyl/N-ethyl adjacent to an activating group) is 1. The van der Waals surface area contributed by atoms with Gasteiger partial charge in [-0.3, -0.25) is 5.10 Å². The monoisotopic (exact) mass is 218 g/mol. The van der Waals surface area contributed by atoms with E-state index in [1.54, 1.807) is 0 Å². The molecule has 0 unspecified atom stereocenters. The van der Waals surface area contributed by atoms with Gasteiger partial charge in [0.15, 0.2) is 5.03 Å². The third-order valence-corrected chi connectivity index (χ3v) is 3.01. The molecule has 1 heterocycles. The minimum atomic E-state index is -3.41. The van der Waals surface area contributed by atoms with Gasteiger partial charge < -0.3 is 4.90 Å². The Kier molecular flexibility index (Phi) is 3.62. The van der Waals surface area contributed by atoms with Crippen molar-refractivity contribution in [1.29, 1.82) is 0 Å². The van der Waals surface area contributed by atoms with Gasteiger partial charge in [-0.25, -0.2) is 13.1 Å². The van der Waals surface area contributed by atoms with Crippen LogP contribution in [0.1, 0.15) is 0 Å². The summed E-state index contributed by atoms with van der Waals surface area (Å²) in [6.07, 6.45) is 1.40. The molecule has 14 heavy (non-hydrogen) atoms. The fourth-order valence-electron chi connectivity index (χ4n) is 0.874. The minimum Gasteiger partial charge on any atom is -0.308 e. The Hall–Kier alpha value is -0.920. The summed E-state index contributed by atoms with van der Waals surface area (Å²) in [5.41, 5.74) is 0. The SMILES string of the molecule is CN(C)CCNS(=O)(=O)c1ccn[nH]1. The van der Waals surface area contributed by atoms with Gasteiger partial charge in [-0.2, -0.15) is 5.10 Å². The molecular weight excluding hydrogens is 204 g/mol. The van der Waals surface area contributed by atoms with E-state index in [9.17, 15) is 8.42 Å². The molecule has 0 aliphatic rings. The van der Waals surface area contributed by atoms with Crippen LogP contribution in [0.25, 0.3) is 0 Å². The molecular formula is C7H14N4O2S. The zero-order chi connectivity index (χ0) is 10.6. The van der Waals surface area contributed by atoms with E-state index in [1.165, 1.54) is 12.3 Å². The Balaban J connectivity index is 2.52. The van der Waals surface area contributed by atoms with Crippen molar-refractivity contribution in [2.75, 3.05) is 27.2 Å². The third kappa shape index (κ3) is 3.09. The maximum Gasteiger partial charge on any atom is 0.257 e. The first kappa shape index (κ1) is 11.2. The van der Waals surface area contributed by atoms with Gasteiger partial charge in [-0.1, -0.05) is 0 Å². The molecule has 6 nitrogen and oxygen atoms in total. The highest BCUT2D eigenvalue weighted by Gasteiger charge is 2.13. The molecule has 0 spiro atoms. The zero-order valence-electron chi connectivity index (χ0n) is 8.19. The molecule has 80 valence electrons. The maximum absolute atomic E-state index is 11.5. The molecule has 1 rings (SSSR count). The first-order valence-corrected chi connectivity index (χ1v) is 5.64. The number of hydrogen-bond donors (Lipinski definition) is 2. The van der Waals surface area contributed by atoms with E-state index < -0.39 is 10.0 Å². The van der Waals surface area contributed by atoms with Gasteiger partial charge in [0.2, 0.25) is 0 Å². The first-order chi connectivity index (χ1) is 6.52. The Morgan fingerprint density at radius 3 is 2.79 bits per heavy atom. The molecule has 0 aromatic carbocycles. The van der Waals surface area contributed by atoms with Crippen LogP contribution in [0, 0.1) is 0 Å². The summed E-state index contributed by atoms with van der Waals surface area (Å²) in [6.45, 7) is 1.04. The fourth-order valence-corrected chi connectivity index (χ4v) is 1.80. The lowest BCUT2D eigenvalue weighted by Gasteiger charge is -2.09. The van der Waals surface area contributed by atoms with Crippen molar-refractivity contribution in [1.82, 2.24) is 19.8 Å². The van der Waals surface area contributed by atoms with E-state index >= 15 is 0 Å². The highest BCUT2D eigenvalue weighted by Crippen LogP contribution is 2.00. The second-order valence-electron chi connectivity index (χ2n) is 3.12. The maximum atomic E-state index is 11.5. The highest BCUT2D eigenvalue weighted by atomic mass is 32.2. The van der Waals surface area contributed by atoms with Gasteiger partial charge in [0.25, 0.3) is 10.0 Å². The lowest BCUT2D eigenvalue weighted by molar-refractivity contribution is 0.412. The van der Waals surface area contributed by atoms with Crippen LogP contribution >= 0.6 is 0 Å². The van der Waals surface area contributed by atoms with E-state index in [0.717, 1.165) is 0 Å². The number of rotatable bonds is 5. The van der Waals surface area contributed by atoms with Gasteiger partial charge in [0.1, 0.15) is 0 Å². The minimum absolute atomic E-state index is 0.0938. The largest absolute Gasteiger partial charge is 0.308 e. The van der Waals surface area contributed by atoms with Crippen molar-refractivity contribution in [2.45, 2.75) is 5.03 Å². The normalized spacial score (nSPS) is 12.2. The molecule has 7 heteroatoms. The van der Waals surface area contributed by atoms with E-state index in [0.29, 0.717) is 13.1 Å². The van der Waals surface area contributed by atoms with Crippen molar-refractivity contribution in [3.05, 3.63) is 12.3 Å². The lowest BCUT2D eigenvalue weighted by Crippen LogP contribution is -2.31. The molecule has 1 aromatic rings. The van der Waals surface area contributed by atoms with Crippen molar-refractivity contribution in [3.63, 3.8) is 0 Å². The van der Waals surface area contributed by atoms with Crippen molar-refractivity contribution in [2.24, 2.45) is 0 Å². The topological polar surface area (TPSA) is 78.1 Å². The van der Waals surface area contributed by atoms with Gasteiger partial charge in [0.05, 0.1) is 6.20 Å². The van der Waals surface area contributed by atoms with Crippen molar-refractivity contribution in [3.8, 4) is 0 Å². The molecule has 0 radical (unpaired) electrons. The van der Waals surface area contributed by atoms with Crippen LogP contribution in [-0.4, -0.2) is 50.7 Å². The number of sulfonamides is 1. The van der Waals surface area contributed by atoms with Crippen molar-refractivity contribution >= 4 is 10.0 Å². The molecule has 2 N–H and O–H groups in total. The molecule has 0 bridgehead atoms. The Bertz CT molecular complexity index is 357.